The number of nitrogen functional groups attached to an aromatic ring is 1. The standard InChI is InChI=1S/C14H21N3O/c1-2-5-14(6-7-14)9-17-12-4-3-10(13(16)18)8-11(12)15/h3-4,8,17H,2,5-7,9,15H2,1H3,(H2,16,18). The van der Waals surface area contributed by atoms with Crippen LogP contribution in [0.3, 0.4) is 0 Å². The van der Waals surface area contributed by atoms with Gasteiger partial charge in [-0.2, -0.15) is 0 Å². The van der Waals surface area contributed by atoms with Crippen LogP contribution in [0.25, 0.3) is 0 Å². The first-order valence-corrected chi connectivity index (χ1v) is 6.49. The molecule has 0 atom stereocenters. The van der Waals surface area contributed by atoms with Gasteiger partial charge in [0.1, 0.15) is 0 Å². The molecule has 0 spiro atoms. The lowest BCUT2D eigenvalue weighted by Crippen LogP contribution is -2.17. The van der Waals surface area contributed by atoms with Gasteiger partial charge in [-0.25, -0.2) is 0 Å². The van der Waals surface area contributed by atoms with E-state index in [0.717, 1.165) is 12.2 Å². The molecule has 1 amide bonds. The Morgan fingerprint density at radius 2 is 2.17 bits per heavy atom. The van der Waals surface area contributed by atoms with Gasteiger partial charge in [0.2, 0.25) is 5.91 Å². The van der Waals surface area contributed by atoms with Crippen LogP contribution in [0.2, 0.25) is 0 Å². The Morgan fingerprint density at radius 3 is 2.67 bits per heavy atom. The summed E-state index contributed by atoms with van der Waals surface area (Å²) in [6.45, 7) is 3.18. The number of amides is 1. The quantitative estimate of drug-likeness (QED) is 0.675. The number of carbonyl (C=O) groups is 1. The molecule has 1 aliphatic rings. The Kier molecular flexibility index (Phi) is 3.45. The summed E-state index contributed by atoms with van der Waals surface area (Å²) in [5.74, 6) is -0.446. The van der Waals surface area contributed by atoms with E-state index < -0.39 is 5.91 Å². The largest absolute Gasteiger partial charge is 0.397 e. The van der Waals surface area contributed by atoms with Crippen LogP contribution in [0.4, 0.5) is 11.4 Å². The molecule has 0 aliphatic heterocycles. The Balaban J connectivity index is 2.00. The van der Waals surface area contributed by atoms with Gasteiger partial charge in [-0.1, -0.05) is 13.3 Å². The number of benzene rings is 1. The molecule has 0 radical (unpaired) electrons. The van der Waals surface area contributed by atoms with Crippen LogP contribution in [-0.2, 0) is 0 Å². The van der Waals surface area contributed by atoms with E-state index in [1.807, 2.05) is 6.07 Å². The maximum Gasteiger partial charge on any atom is 0.248 e. The third-order valence-corrected chi connectivity index (χ3v) is 3.73. The van der Waals surface area contributed by atoms with Crippen LogP contribution < -0.4 is 16.8 Å². The second-order valence-electron chi connectivity index (χ2n) is 5.27. The third kappa shape index (κ3) is 2.75. The predicted molar refractivity (Wildman–Crippen MR) is 74.4 cm³/mol. The van der Waals surface area contributed by atoms with Crippen molar-refractivity contribution in [1.29, 1.82) is 0 Å². The van der Waals surface area contributed by atoms with Crippen LogP contribution >= 0.6 is 0 Å². The van der Waals surface area contributed by atoms with Crippen molar-refractivity contribution in [2.24, 2.45) is 11.1 Å². The lowest BCUT2D eigenvalue weighted by atomic mass is 10.0. The van der Waals surface area contributed by atoms with Gasteiger partial charge in [-0.15, -0.1) is 0 Å². The summed E-state index contributed by atoms with van der Waals surface area (Å²) in [6.07, 6.45) is 5.08. The smallest absolute Gasteiger partial charge is 0.248 e. The highest BCUT2D eigenvalue weighted by molar-refractivity contribution is 5.94. The summed E-state index contributed by atoms with van der Waals surface area (Å²) >= 11 is 0. The summed E-state index contributed by atoms with van der Waals surface area (Å²) in [5, 5.41) is 3.39. The van der Waals surface area contributed by atoms with Gasteiger partial charge in [0.15, 0.2) is 0 Å². The minimum atomic E-state index is -0.446. The zero-order chi connectivity index (χ0) is 13.2. The molecule has 4 heteroatoms. The van der Waals surface area contributed by atoms with Gasteiger partial charge in [0, 0.05) is 12.1 Å². The van der Waals surface area contributed by atoms with Crippen molar-refractivity contribution in [1.82, 2.24) is 0 Å². The number of anilines is 2. The van der Waals surface area contributed by atoms with E-state index in [1.165, 1.54) is 25.7 Å². The van der Waals surface area contributed by atoms with Crippen molar-refractivity contribution in [3.63, 3.8) is 0 Å². The number of nitrogens with one attached hydrogen (secondary N) is 1. The maximum absolute atomic E-state index is 11.0. The molecule has 5 N–H and O–H groups in total. The third-order valence-electron chi connectivity index (χ3n) is 3.73. The van der Waals surface area contributed by atoms with E-state index in [0.29, 0.717) is 16.7 Å². The van der Waals surface area contributed by atoms with Crippen LogP contribution in [0, 0.1) is 5.41 Å². The molecular formula is C14H21N3O. The Bertz CT molecular complexity index is 452. The van der Waals surface area contributed by atoms with E-state index >= 15 is 0 Å². The predicted octanol–water partition coefficient (Wildman–Crippen LogP) is 2.36. The Labute approximate surface area is 108 Å². The van der Waals surface area contributed by atoms with E-state index in [1.54, 1.807) is 12.1 Å². The summed E-state index contributed by atoms with van der Waals surface area (Å²) in [4.78, 5) is 11.0. The van der Waals surface area contributed by atoms with Crippen LogP contribution in [0.5, 0.6) is 0 Å². The van der Waals surface area contributed by atoms with Gasteiger partial charge in [0.25, 0.3) is 0 Å². The number of nitrogens with two attached hydrogens (primary N) is 2. The fraction of sp³-hybridized carbons (Fsp3) is 0.500. The van der Waals surface area contributed by atoms with E-state index in [4.69, 9.17) is 11.5 Å². The molecular weight excluding hydrogens is 226 g/mol. The molecule has 1 saturated carbocycles. The van der Waals surface area contributed by atoms with Crippen molar-refractivity contribution in [3.05, 3.63) is 23.8 Å². The van der Waals surface area contributed by atoms with Gasteiger partial charge in [-0.05, 0) is 42.9 Å². The molecule has 0 aromatic heterocycles. The van der Waals surface area contributed by atoms with E-state index in [2.05, 4.69) is 12.2 Å². The molecule has 0 heterocycles. The zero-order valence-electron chi connectivity index (χ0n) is 10.8. The lowest BCUT2D eigenvalue weighted by molar-refractivity contribution is 0.100. The number of hydrogen-bond donors (Lipinski definition) is 3. The highest BCUT2D eigenvalue weighted by atomic mass is 16.1. The van der Waals surface area contributed by atoms with Crippen LogP contribution in [0.15, 0.2) is 18.2 Å². The van der Waals surface area contributed by atoms with Gasteiger partial charge in [-0.3, -0.25) is 4.79 Å². The molecule has 0 unspecified atom stereocenters. The first-order chi connectivity index (χ1) is 8.56. The first kappa shape index (κ1) is 12.7. The van der Waals surface area contributed by atoms with E-state index in [-0.39, 0.29) is 0 Å². The average Bonchev–Trinajstić information content (AvgIpc) is 3.08. The Morgan fingerprint density at radius 1 is 1.44 bits per heavy atom. The second-order valence-corrected chi connectivity index (χ2v) is 5.27. The van der Waals surface area contributed by atoms with Crippen LogP contribution in [0.1, 0.15) is 43.0 Å². The Hall–Kier alpha value is -1.71. The molecule has 0 saturated heterocycles. The molecule has 1 aromatic rings. The van der Waals surface area contributed by atoms with Gasteiger partial charge in [0.05, 0.1) is 11.4 Å². The minimum Gasteiger partial charge on any atom is -0.397 e. The van der Waals surface area contributed by atoms with Gasteiger partial charge >= 0.3 is 0 Å². The van der Waals surface area contributed by atoms with Crippen molar-refractivity contribution in [3.8, 4) is 0 Å². The number of primary amides is 1. The number of hydrogen-bond acceptors (Lipinski definition) is 3. The topological polar surface area (TPSA) is 81.1 Å². The minimum absolute atomic E-state index is 0.446. The van der Waals surface area contributed by atoms with Crippen molar-refractivity contribution in [2.75, 3.05) is 17.6 Å². The molecule has 0 bridgehead atoms. The molecule has 1 aromatic carbocycles. The monoisotopic (exact) mass is 247 g/mol. The SMILES string of the molecule is CCCC1(CNc2ccc(C(N)=O)cc2N)CC1. The summed E-state index contributed by atoms with van der Waals surface area (Å²) in [5.41, 5.74) is 13.5. The normalized spacial score (nSPS) is 16.3. The molecule has 1 aliphatic carbocycles. The highest BCUT2D eigenvalue weighted by Gasteiger charge is 2.41. The second kappa shape index (κ2) is 4.88. The van der Waals surface area contributed by atoms with Crippen molar-refractivity contribution in [2.45, 2.75) is 32.6 Å². The zero-order valence-corrected chi connectivity index (χ0v) is 10.8. The first-order valence-electron chi connectivity index (χ1n) is 6.49. The van der Waals surface area contributed by atoms with E-state index in [9.17, 15) is 4.79 Å². The fourth-order valence-electron chi connectivity index (χ4n) is 2.38. The fourth-order valence-corrected chi connectivity index (χ4v) is 2.38. The summed E-state index contributed by atoms with van der Waals surface area (Å²) in [7, 11) is 0. The van der Waals surface area contributed by atoms with Crippen molar-refractivity contribution >= 4 is 17.3 Å². The molecule has 4 nitrogen and oxygen atoms in total. The number of rotatable bonds is 6. The number of carbonyl (C=O) groups excluding carboxylic acids is 1. The maximum atomic E-state index is 11.0. The molecule has 98 valence electrons. The summed E-state index contributed by atoms with van der Waals surface area (Å²) in [6, 6.07) is 5.17. The van der Waals surface area contributed by atoms with Crippen LogP contribution in [-0.4, -0.2) is 12.5 Å². The van der Waals surface area contributed by atoms with Gasteiger partial charge < -0.3 is 16.8 Å². The lowest BCUT2D eigenvalue weighted by Gasteiger charge is -2.17. The molecule has 1 fully saturated rings. The molecule has 18 heavy (non-hydrogen) atoms. The van der Waals surface area contributed by atoms with Crippen molar-refractivity contribution < 1.29 is 4.79 Å². The molecule has 2 rings (SSSR count). The average molecular weight is 247 g/mol. The highest BCUT2D eigenvalue weighted by Crippen LogP contribution is 2.49. The summed E-state index contributed by atoms with van der Waals surface area (Å²) < 4.78 is 0.